The van der Waals surface area contributed by atoms with Crippen molar-refractivity contribution in [2.45, 2.75) is 56.6 Å². The number of benzene rings is 1. The van der Waals surface area contributed by atoms with E-state index in [0.717, 1.165) is 43.9 Å². The third-order valence-corrected chi connectivity index (χ3v) is 5.88. The summed E-state index contributed by atoms with van der Waals surface area (Å²) in [5, 5.41) is 3.20. The lowest BCUT2D eigenvalue weighted by Gasteiger charge is -2.37. The molecular formula is C20H28N2O3. The molecule has 25 heavy (non-hydrogen) atoms. The van der Waals surface area contributed by atoms with Crippen LogP contribution in [0.1, 0.15) is 44.9 Å². The molecule has 136 valence electrons. The zero-order chi connectivity index (χ0) is 17.1. The Morgan fingerprint density at radius 3 is 2.60 bits per heavy atom. The molecule has 0 radical (unpaired) electrons. The van der Waals surface area contributed by atoms with Gasteiger partial charge in [0.05, 0.1) is 0 Å². The van der Waals surface area contributed by atoms with E-state index in [1.54, 1.807) is 0 Å². The monoisotopic (exact) mass is 344 g/mol. The van der Waals surface area contributed by atoms with Crippen molar-refractivity contribution in [3.8, 4) is 11.5 Å². The summed E-state index contributed by atoms with van der Waals surface area (Å²) >= 11 is 0. The van der Waals surface area contributed by atoms with Crippen molar-refractivity contribution in [2.75, 3.05) is 26.2 Å². The Bertz CT molecular complexity index is 607. The minimum atomic E-state index is -0.243. The van der Waals surface area contributed by atoms with E-state index in [2.05, 4.69) is 10.2 Å². The Balaban J connectivity index is 1.30. The lowest BCUT2D eigenvalue weighted by molar-refractivity contribution is -0.133. The molecule has 1 N–H and O–H groups in total. The van der Waals surface area contributed by atoms with Gasteiger partial charge in [0.25, 0.3) is 0 Å². The van der Waals surface area contributed by atoms with Gasteiger partial charge >= 0.3 is 0 Å². The lowest BCUT2D eigenvalue weighted by Crippen LogP contribution is -2.56. The number of likely N-dealkylation sites (tertiary alicyclic amines) is 1. The SMILES string of the molecule is O=C(NCCC1COc2ccccc2O1)C1(N2CCCC2)CCCC1. The van der Waals surface area contributed by atoms with E-state index in [1.165, 1.54) is 25.7 Å². The van der Waals surface area contributed by atoms with Crippen molar-refractivity contribution in [1.82, 2.24) is 10.2 Å². The molecule has 1 saturated carbocycles. The molecule has 1 aliphatic carbocycles. The van der Waals surface area contributed by atoms with Crippen LogP contribution >= 0.6 is 0 Å². The highest BCUT2D eigenvalue weighted by Crippen LogP contribution is 2.37. The van der Waals surface area contributed by atoms with Crippen LogP contribution in [0.15, 0.2) is 24.3 Å². The largest absolute Gasteiger partial charge is 0.486 e. The van der Waals surface area contributed by atoms with Gasteiger partial charge in [0, 0.05) is 13.0 Å². The number of fused-ring (bicyclic) bond motifs is 1. The van der Waals surface area contributed by atoms with E-state index in [4.69, 9.17) is 9.47 Å². The molecule has 2 heterocycles. The highest BCUT2D eigenvalue weighted by molar-refractivity contribution is 5.86. The van der Waals surface area contributed by atoms with Crippen molar-refractivity contribution in [1.29, 1.82) is 0 Å². The van der Waals surface area contributed by atoms with E-state index < -0.39 is 0 Å². The number of para-hydroxylation sites is 2. The normalized spacial score (nSPS) is 25.0. The van der Waals surface area contributed by atoms with Crippen molar-refractivity contribution < 1.29 is 14.3 Å². The summed E-state index contributed by atoms with van der Waals surface area (Å²) in [6.07, 6.45) is 7.58. The van der Waals surface area contributed by atoms with E-state index >= 15 is 0 Å². The molecule has 5 nitrogen and oxygen atoms in total. The van der Waals surface area contributed by atoms with Gasteiger partial charge in [-0.3, -0.25) is 9.69 Å². The molecule has 4 rings (SSSR count). The van der Waals surface area contributed by atoms with Crippen molar-refractivity contribution in [3.05, 3.63) is 24.3 Å². The second-order valence-corrected chi connectivity index (χ2v) is 7.48. The Hall–Kier alpha value is -1.75. The number of ether oxygens (including phenoxy) is 2. The van der Waals surface area contributed by atoms with Gasteiger partial charge in [-0.15, -0.1) is 0 Å². The van der Waals surface area contributed by atoms with Gasteiger partial charge in [0.15, 0.2) is 11.5 Å². The minimum absolute atomic E-state index is 0.00140. The summed E-state index contributed by atoms with van der Waals surface area (Å²) in [7, 11) is 0. The summed E-state index contributed by atoms with van der Waals surface area (Å²) in [6.45, 7) is 3.34. The van der Waals surface area contributed by atoms with Crippen LogP contribution in [-0.4, -0.2) is 48.7 Å². The molecule has 2 fully saturated rings. The van der Waals surface area contributed by atoms with Gasteiger partial charge in [0.2, 0.25) is 5.91 Å². The maximum Gasteiger partial charge on any atom is 0.240 e. The van der Waals surface area contributed by atoms with E-state index in [9.17, 15) is 4.79 Å². The number of hydrogen-bond acceptors (Lipinski definition) is 4. The van der Waals surface area contributed by atoms with Crippen LogP contribution in [0.4, 0.5) is 0 Å². The third-order valence-electron chi connectivity index (χ3n) is 5.88. The first-order chi connectivity index (χ1) is 12.3. The maximum atomic E-state index is 13.0. The van der Waals surface area contributed by atoms with Gasteiger partial charge in [-0.25, -0.2) is 0 Å². The van der Waals surface area contributed by atoms with Crippen molar-refractivity contribution in [2.24, 2.45) is 0 Å². The van der Waals surface area contributed by atoms with Crippen LogP contribution in [0.25, 0.3) is 0 Å². The highest BCUT2D eigenvalue weighted by atomic mass is 16.6. The summed E-state index contributed by atoms with van der Waals surface area (Å²) in [5.41, 5.74) is -0.243. The molecular weight excluding hydrogens is 316 g/mol. The van der Waals surface area contributed by atoms with Crippen LogP contribution in [0.2, 0.25) is 0 Å². The smallest absolute Gasteiger partial charge is 0.240 e. The van der Waals surface area contributed by atoms with Crippen molar-refractivity contribution >= 4 is 5.91 Å². The zero-order valence-electron chi connectivity index (χ0n) is 14.8. The summed E-state index contributed by atoms with van der Waals surface area (Å²) < 4.78 is 11.7. The molecule has 1 amide bonds. The van der Waals surface area contributed by atoms with Gasteiger partial charge in [-0.2, -0.15) is 0 Å². The van der Waals surface area contributed by atoms with Gasteiger partial charge in [-0.1, -0.05) is 25.0 Å². The fourth-order valence-corrected chi connectivity index (χ4v) is 4.51. The molecule has 1 aromatic rings. The molecule has 1 unspecified atom stereocenters. The number of rotatable bonds is 5. The Kier molecular flexibility index (Phi) is 4.84. The quantitative estimate of drug-likeness (QED) is 0.892. The molecule has 3 aliphatic rings. The Labute approximate surface area is 149 Å². The number of carbonyl (C=O) groups is 1. The molecule has 0 aromatic heterocycles. The molecule has 1 aromatic carbocycles. The molecule has 0 bridgehead atoms. The average molecular weight is 344 g/mol. The average Bonchev–Trinajstić information content (AvgIpc) is 3.33. The summed E-state index contributed by atoms with van der Waals surface area (Å²) in [5.74, 6) is 1.83. The first-order valence-corrected chi connectivity index (χ1v) is 9.70. The molecule has 2 aliphatic heterocycles. The standard InChI is InChI=1S/C20H28N2O3/c23-19(20(10-3-4-11-20)22-13-5-6-14-22)21-12-9-16-15-24-17-7-1-2-8-18(17)25-16/h1-2,7-8,16H,3-6,9-15H2,(H,21,23). The fourth-order valence-electron chi connectivity index (χ4n) is 4.51. The van der Waals surface area contributed by atoms with Crippen LogP contribution < -0.4 is 14.8 Å². The summed E-state index contributed by atoms with van der Waals surface area (Å²) in [4.78, 5) is 15.4. The van der Waals surface area contributed by atoms with Gasteiger partial charge in [-0.05, 0) is 50.9 Å². The second kappa shape index (κ2) is 7.24. The topological polar surface area (TPSA) is 50.8 Å². The fraction of sp³-hybridized carbons (Fsp3) is 0.650. The van der Waals surface area contributed by atoms with Crippen LogP contribution in [0.3, 0.4) is 0 Å². The van der Waals surface area contributed by atoms with Crippen LogP contribution in [0.5, 0.6) is 11.5 Å². The predicted molar refractivity (Wildman–Crippen MR) is 96.0 cm³/mol. The third kappa shape index (κ3) is 3.34. The van der Waals surface area contributed by atoms with Crippen LogP contribution in [0, 0.1) is 0 Å². The zero-order valence-corrected chi connectivity index (χ0v) is 14.8. The van der Waals surface area contributed by atoms with Gasteiger partial charge in [0.1, 0.15) is 18.2 Å². The number of hydrogen-bond donors (Lipinski definition) is 1. The highest BCUT2D eigenvalue weighted by Gasteiger charge is 2.46. The second-order valence-electron chi connectivity index (χ2n) is 7.48. The first-order valence-electron chi connectivity index (χ1n) is 9.70. The first kappa shape index (κ1) is 16.7. The lowest BCUT2D eigenvalue weighted by atomic mass is 9.94. The number of nitrogens with zero attached hydrogens (tertiary/aromatic N) is 1. The summed E-state index contributed by atoms with van der Waals surface area (Å²) in [6, 6.07) is 7.75. The predicted octanol–water partition coefficient (Wildman–Crippen LogP) is 2.74. The Morgan fingerprint density at radius 2 is 1.84 bits per heavy atom. The minimum Gasteiger partial charge on any atom is -0.486 e. The van der Waals surface area contributed by atoms with Gasteiger partial charge < -0.3 is 14.8 Å². The van der Waals surface area contributed by atoms with Crippen LogP contribution in [-0.2, 0) is 4.79 Å². The van der Waals surface area contributed by atoms with Crippen molar-refractivity contribution in [3.63, 3.8) is 0 Å². The molecule has 1 atom stereocenters. The van der Waals surface area contributed by atoms with E-state index in [0.29, 0.717) is 13.2 Å². The molecule has 1 saturated heterocycles. The maximum absolute atomic E-state index is 13.0. The molecule has 5 heteroatoms. The van der Waals surface area contributed by atoms with E-state index in [1.807, 2.05) is 24.3 Å². The number of nitrogens with one attached hydrogen (secondary N) is 1. The number of amides is 1. The van der Waals surface area contributed by atoms with E-state index in [-0.39, 0.29) is 17.6 Å². The number of carbonyl (C=O) groups excluding carboxylic acids is 1. The Morgan fingerprint density at radius 1 is 1.12 bits per heavy atom. The molecule has 0 spiro atoms.